The molecule has 2 aromatic rings. The largest absolute Gasteiger partial charge is 0.507 e. The van der Waals surface area contributed by atoms with E-state index < -0.39 is 122 Å². The molecule has 3 atom stereocenters. The van der Waals surface area contributed by atoms with Crippen LogP contribution in [0.25, 0.3) is 0 Å². The molecule has 18 nitrogen and oxygen atoms in total. The first-order chi connectivity index (χ1) is 28.1. The van der Waals surface area contributed by atoms with Crippen LogP contribution in [0.5, 0.6) is 17.2 Å². The molecule has 2 aliphatic heterocycles. The number of urea groups is 1. The molecule has 3 unspecified atom stereocenters. The standard InChI is InChI=1S/C39H53F7N4O14/c1-14-16(3)23(40)17(4)15(2)19(14)27-30(6,7)28(50-32(10,11)31(8,9)49(18(5)51)38(61,62)39(50,63)64)34(57,58)37(59,60)48(27)29(55)47(13)33(12,56)20-24(52)21(35(41,42)43)26(54)22(25(20)53)36(44,45)46/h27-28,52-54,56-64H,1-13H3. The van der Waals surface area contributed by atoms with Crippen molar-refractivity contribution in [1.29, 1.82) is 0 Å². The van der Waals surface area contributed by atoms with E-state index in [0.717, 1.165) is 34.6 Å². The number of carbonyl (C=O) groups excluding carboxylic acids is 2. The third-order valence-corrected chi connectivity index (χ3v) is 13.7. The molecule has 2 saturated heterocycles. The van der Waals surface area contributed by atoms with Gasteiger partial charge in [0, 0.05) is 24.9 Å². The highest BCUT2D eigenvalue weighted by Crippen LogP contribution is 2.62. The molecule has 0 spiro atoms. The van der Waals surface area contributed by atoms with Gasteiger partial charge in [-0.2, -0.15) is 26.3 Å². The van der Waals surface area contributed by atoms with E-state index in [2.05, 4.69) is 0 Å². The number of aromatic hydroxyl groups is 3. The minimum atomic E-state index is -6.06. The Morgan fingerprint density at radius 2 is 1.02 bits per heavy atom. The van der Waals surface area contributed by atoms with Gasteiger partial charge in [0.2, 0.25) is 5.91 Å². The SMILES string of the molecule is CC(=O)N1C(C)(C)C(C)(C)N(C2C(C)(C)C(c3c(C)c(C)c(F)c(C)c3C)N(C(=O)N(C)C(C)(O)c3c(O)c(C(F)(F)F)c(O)c(C(F)(F)F)c3O)C(O)(O)C2(O)O)C(O)(O)C1(O)O. The van der Waals surface area contributed by atoms with E-state index >= 15 is 9.18 Å². The summed E-state index contributed by atoms with van der Waals surface area (Å²) in [6.07, 6.45) is -12.1. The molecule has 3 amide bonds. The zero-order valence-corrected chi connectivity index (χ0v) is 36.8. The molecule has 0 radical (unpaired) electrons. The minimum absolute atomic E-state index is 0.138. The third-order valence-electron chi connectivity index (χ3n) is 13.7. The van der Waals surface area contributed by atoms with E-state index in [-0.39, 0.29) is 54.3 Å². The van der Waals surface area contributed by atoms with Crippen molar-refractivity contribution in [1.82, 2.24) is 19.6 Å². The second-order valence-corrected chi connectivity index (χ2v) is 18.2. The molecule has 2 fully saturated rings. The van der Waals surface area contributed by atoms with Gasteiger partial charge in [0.15, 0.2) is 5.72 Å². The van der Waals surface area contributed by atoms with E-state index in [1.807, 2.05) is 0 Å². The van der Waals surface area contributed by atoms with E-state index in [4.69, 9.17) is 0 Å². The van der Waals surface area contributed by atoms with Crippen LogP contribution in [-0.2, 0) is 22.9 Å². The van der Waals surface area contributed by atoms with Gasteiger partial charge in [0.1, 0.15) is 34.2 Å². The van der Waals surface area contributed by atoms with Crippen molar-refractivity contribution < 1.29 is 102 Å². The molecular formula is C39H53F7N4O14. The normalized spacial score (nSPS) is 24.6. The number of piperidine rings is 1. The molecule has 0 aliphatic carbocycles. The molecule has 64 heavy (non-hydrogen) atoms. The van der Waals surface area contributed by atoms with Crippen molar-refractivity contribution in [2.24, 2.45) is 5.41 Å². The molecule has 362 valence electrons. The number of likely N-dealkylation sites (tertiary alicyclic amines) is 1. The number of carbonyl (C=O) groups is 2. The number of benzene rings is 2. The van der Waals surface area contributed by atoms with Gasteiger partial charge >= 0.3 is 36.1 Å². The Kier molecular flexibility index (Phi) is 11.9. The van der Waals surface area contributed by atoms with Crippen molar-refractivity contribution in [3.63, 3.8) is 0 Å². The van der Waals surface area contributed by atoms with Gasteiger partial charge in [-0.25, -0.2) is 14.1 Å². The molecule has 0 bridgehead atoms. The smallest absolute Gasteiger partial charge is 0.423 e. The fourth-order valence-corrected chi connectivity index (χ4v) is 9.49. The van der Waals surface area contributed by atoms with Gasteiger partial charge < -0.3 is 61.3 Å². The van der Waals surface area contributed by atoms with Crippen molar-refractivity contribution in [3.8, 4) is 17.2 Å². The molecule has 0 saturated carbocycles. The predicted molar refractivity (Wildman–Crippen MR) is 203 cm³/mol. The summed E-state index contributed by atoms with van der Waals surface area (Å²) in [5.74, 6) is -27.3. The first-order valence-electron chi connectivity index (χ1n) is 19.0. The quantitative estimate of drug-likeness (QED) is 0.155. The van der Waals surface area contributed by atoms with Gasteiger partial charge in [-0.1, -0.05) is 13.8 Å². The van der Waals surface area contributed by atoms with Gasteiger partial charge in [0.25, 0.3) is 5.79 Å². The predicted octanol–water partition coefficient (Wildman–Crippen LogP) is 2.20. The van der Waals surface area contributed by atoms with E-state index in [0.29, 0.717) is 7.05 Å². The number of hydrogen-bond donors (Lipinski definition) is 12. The first-order valence-corrected chi connectivity index (χ1v) is 19.0. The zero-order valence-electron chi connectivity index (χ0n) is 36.8. The summed E-state index contributed by atoms with van der Waals surface area (Å²) < 4.78 is 101. The summed E-state index contributed by atoms with van der Waals surface area (Å²) >= 11 is 0. The Hall–Kier alpha value is -4.31. The second kappa shape index (κ2) is 14.6. The number of piperazine rings is 1. The zero-order chi connectivity index (χ0) is 50.5. The van der Waals surface area contributed by atoms with Crippen LogP contribution in [0.4, 0.5) is 35.5 Å². The summed E-state index contributed by atoms with van der Waals surface area (Å²) in [5, 5.41) is 139. The third kappa shape index (κ3) is 6.67. The second-order valence-electron chi connectivity index (χ2n) is 18.2. The molecule has 0 aromatic heterocycles. The molecule has 2 heterocycles. The van der Waals surface area contributed by atoms with Crippen LogP contribution in [-0.4, -0.2) is 141 Å². The molecule has 4 rings (SSSR count). The number of alkyl halides is 6. The van der Waals surface area contributed by atoms with Gasteiger partial charge in [-0.3, -0.25) is 19.5 Å². The van der Waals surface area contributed by atoms with Crippen molar-refractivity contribution in [3.05, 3.63) is 50.3 Å². The molecule has 2 aliphatic rings. The Bertz CT molecular complexity index is 2190. The lowest BCUT2D eigenvalue weighted by molar-refractivity contribution is -0.532. The number of nitrogens with zero attached hydrogens (tertiary/aromatic N) is 4. The van der Waals surface area contributed by atoms with Crippen LogP contribution in [0.1, 0.15) is 106 Å². The Morgan fingerprint density at radius 1 is 0.641 bits per heavy atom. The summed E-state index contributed by atoms with van der Waals surface area (Å²) in [5.41, 5.74) is -19.5. The highest BCUT2D eigenvalue weighted by atomic mass is 19.4. The van der Waals surface area contributed by atoms with Crippen LogP contribution in [0.15, 0.2) is 0 Å². The number of amides is 3. The monoisotopic (exact) mass is 934 g/mol. The number of rotatable bonds is 4. The Balaban J connectivity index is 2.22. The Labute approximate surface area is 360 Å². The maximum absolute atomic E-state index is 15.7. The fourth-order valence-electron chi connectivity index (χ4n) is 9.49. The van der Waals surface area contributed by atoms with Gasteiger partial charge in [0.05, 0.1) is 23.2 Å². The average molecular weight is 935 g/mol. The summed E-state index contributed by atoms with van der Waals surface area (Å²) in [7, 11) is 0.378. The maximum Gasteiger partial charge on any atom is 0.423 e. The van der Waals surface area contributed by atoms with E-state index in [1.54, 1.807) is 0 Å². The Morgan fingerprint density at radius 3 is 1.38 bits per heavy atom. The minimum Gasteiger partial charge on any atom is -0.507 e. The molecule has 2 aromatic carbocycles. The van der Waals surface area contributed by atoms with Crippen LogP contribution in [0, 0.1) is 38.9 Å². The van der Waals surface area contributed by atoms with Crippen LogP contribution >= 0.6 is 0 Å². The van der Waals surface area contributed by atoms with Crippen LogP contribution in [0.3, 0.4) is 0 Å². The number of hydrogen-bond acceptors (Lipinski definition) is 15. The van der Waals surface area contributed by atoms with E-state index in [9.17, 15) is 92.4 Å². The number of aliphatic hydroxyl groups is 9. The lowest BCUT2D eigenvalue weighted by atomic mass is 9.61. The lowest BCUT2D eigenvalue weighted by Crippen LogP contribution is -2.93. The number of phenols is 3. The first kappa shape index (κ1) is 52.3. The van der Waals surface area contributed by atoms with Crippen LogP contribution in [0.2, 0.25) is 0 Å². The summed E-state index contributed by atoms with van der Waals surface area (Å²) in [6.45, 7) is 12.6. The molecule has 25 heteroatoms. The van der Waals surface area contributed by atoms with Gasteiger partial charge in [-0.15, -0.1) is 0 Å². The number of halogens is 7. The van der Waals surface area contributed by atoms with Crippen LogP contribution < -0.4 is 0 Å². The lowest BCUT2D eigenvalue weighted by Gasteiger charge is -2.72. The van der Waals surface area contributed by atoms with Crippen molar-refractivity contribution in [2.75, 3.05) is 7.05 Å². The summed E-state index contributed by atoms with van der Waals surface area (Å²) in [4.78, 5) is 27.9. The highest BCUT2D eigenvalue weighted by molar-refractivity contribution is 5.78. The topological polar surface area (TPSA) is 290 Å². The maximum atomic E-state index is 15.7. The van der Waals surface area contributed by atoms with Crippen molar-refractivity contribution in [2.45, 2.75) is 148 Å². The average Bonchev–Trinajstić information content (AvgIpc) is 3.07. The number of phenolic OH excluding ortho intramolecular Hbond substituents is 3. The fraction of sp³-hybridized carbons (Fsp3) is 0.641. The summed E-state index contributed by atoms with van der Waals surface area (Å²) in [6, 6.07) is -7.27. The van der Waals surface area contributed by atoms with E-state index in [1.165, 1.54) is 41.5 Å². The highest BCUT2D eigenvalue weighted by Gasteiger charge is 2.81. The molecular weight excluding hydrogens is 881 g/mol. The van der Waals surface area contributed by atoms with Gasteiger partial charge in [-0.05, 0) is 90.1 Å². The molecule has 12 N–H and O–H groups in total. The van der Waals surface area contributed by atoms with Crippen molar-refractivity contribution >= 4 is 11.9 Å².